The normalized spacial score (nSPS) is 15.7. The first-order chi connectivity index (χ1) is 10.2. The predicted molar refractivity (Wildman–Crippen MR) is 82.2 cm³/mol. The molecule has 1 aromatic heterocycles. The van der Waals surface area contributed by atoms with Crippen molar-refractivity contribution in [3.63, 3.8) is 0 Å². The highest BCUT2D eigenvalue weighted by atomic mass is 32.2. The minimum absolute atomic E-state index is 0.0321. The van der Waals surface area contributed by atoms with E-state index < -0.39 is 0 Å². The van der Waals surface area contributed by atoms with E-state index in [1.807, 2.05) is 13.0 Å². The standard InChI is InChI=1S/C15H18N4OS/c1-11-17-14(19-18-11)21-9-13(20)16-10-15(7-8-15)12-5-3-2-4-6-12/h2-6H,7-10H2,1H3,(H,16,20)(H,17,18,19). The van der Waals surface area contributed by atoms with Gasteiger partial charge in [-0.25, -0.2) is 4.98 Å². The van der Waals surface area contributed by atoms with Crippen molar-refractivity contribution in [2.24, 2.45) is 0 Å². The van der Waals surface area contributed by atoms with Crippen LogP contribution in [-0.2, 0) is 10.2 Å². The Kier molecular flexibility index (Phi) is 3.96. The number of hydrogen-bond donors (Lipinski definition) is 2. The fourth-order valence-corrected chi connectivity index (χ4v) is 3.02. The van der Waals surface area contributed by atoms with Gasteiger partial charge in [0.05, 0.1) is 5.75 Å². The van der Waals surface area contributed by atoms with Crippen molar-refractivity contribution in [1.29, 1.82) is 0 Å². The molecule has 1 amide bonds. The Morgan fingerprint density at radius 3 is 2.76 bits per heavy atom. The van der Waals surface area contributed by atoms with Crippen LogP contribution >= 0.6 is 11.8 Å². The van der Waals surface area contributed by atoms with Crippen molar-refractivity contribution in [2.75, 3.05) is 12.3 Å². The summed E-state index contributed by atoms with van der Waals surface area (Å²) < 4.78 is 0. The van der Waals surface area contributed by atoms with Gasteiger partial charge in [-0.15, -0.1) is 5.10 Å². The number of thioether (sulfide) groups is 1. The molecule has 0 bridgehead atoms. The molecule has 1 aliphatic rings. The number of aromatic amines is 1. The van der Waals surface area contributed by atoms with E-state index in [0.717, 1.165) is 18.7 Å². The summed E-state index contributed by atoms with van der Waals surface area (Å²) in [5.74, 6) is 1.14. The van der Waals surface area contributed by atoms with Crippen LogP contribution in [-0.4, -0.2) is 33.4 Å². The predicted octanol–water partition coefficient (Wildman–Crippen LogP) is 2.05. The highest BCUT2D eigenvalue weighted by Crippen LogP contribution is 2.47. The zero-order valence-electron chi connectivity index (χ0n) is 11.9. The lowest BCUT2D eigenvalue weighted by atomic mass is 9.96. The minimum atomic E-state index is 0.0321. The van der Waals surface area contributed by atoms with E-state index in [1.165, 1.54) is 17.3 Å². The van der Waals surface area contributed by atoms with Crippen LogP contribution in [0.3, 0.4) is 0 Å². The van der Waals surface area contributed by atoms with Crippen molar-refractivity contribution in [3.8, 4) is 0 Å². The maximum absolute atomic E-state index is 11.9. The molecule has 0 radical (unpaired) electrons. The molecule has 1 aromatic carbocycles. The smallest absolute Gasteiger partial charge is 0.230 e. The summed E-state index contributed by atoms with van der Waals surface area (Å²) in [5, 5.41) is 10.4. The third kappa shape index (κ3) is 3.44. The number of amides is 1. The van der Waals surface area contributed by atoms with Gasteiger partial charge in [0, 0.05) is 12.0 Å². The second-order valence-corrected chi connectivity index (χ2v) is 6.36. The van der Waals surface area contributed by atoms with E-state index in [-0.39, 0.29) is 11.3 Å². The SMILES string of the molecule is Cc1nc(SCC(=O)NCC2(c3ccccc3)CC2)n[nH]1. The van der Waals surface area contributed by atoms with Crippen LogP contribution in [0.4, 0.5) is 0 Å². The Morgan fingerprint density at radius 1 is 1.38 bits per heavy atom. The van der Waals surface area contributed by atoms with Gasteiger partial charge in [0.25, 0.3) is 0 Å². The van der Waals surface area contributed by atoms with E-state index >= 15 is 0 Å². The van der Waals surface area contributed by atoms with Gasteiger partial charge in [-0.2, -0.15) is 0 Å². The van der Waals surface area contributed by atoms with Gasteiger partial charge in [0.15, 0.2) is 0 Å². The number of carbonyl (C=O) groups excluding carboxylic acids is 1. The Labute approximate surface area is 127 Å². The summed E-state index contributed by atoms with van der Waals surface area (Å²) in [4.78, 5) is 16.1. The van der Waals surface area contributed by atoms with Crippen molar-refractivity contribution in [1.82, 2.24) is 20.5 Å². The molecule has 1 saturated carbocycles. The van der Waals surface area contributed by atoms with Crippen LogP contribution in [0.1, 0.15) is 24.2 Å². The molecule has 110 valence electrons. The Bertz CT molecular complexity index is 622. The zero-order chi connectivity index (χ0) is 14.7. The first-order valence-electron chi connectivity index (χ1n) is 7.02. The second-order valence-electron chi connectivity index (χ2n) is 5.42. The molecular formula is C15H18N4OS. The third-order valence-corrected chi connectivity index (χ3v) is 4.62. The molecule has 6 heteroatoms. The monoisotopic (exact) mass is 302 g/mol. The maximum Gasteiger partial charge on any atom is 0.230 e. The molecule has 3 rings (SSSR count). The summed E-state index contributed by atoms with van der Waals surface area (Å²) in [7, 11) is 0. The number of hydrogen-bond acceptors (Lipinski definition) is 4. The van der Waals surface area contributed by atoms with E-state index in [9.17, 15) is 4.79 Å². The number of benzene rings is 1. The van der Waals surface area contributed by atoms with E-state index in [0.29, 0.717) is 17.5 Å². The fraction of sp³-hybridized carbons (Fsp3) is 0.400. The third-order valence-electron chi connectivity index (χ3n) is 3.77. The Hall–Kier alpha value is -1.82. The summed E-state index contributed by atoms with van der Waals surface area (Å²) in [5.41, 5.74) is 1.48. The van der Waals surface area contributed by atoms with Gasteiger partial charge in [0.1, 0.15) is 5.82 Å². The Morgan fingerprint density at radius 2 is 2.14 bits per heavy atom. The lowest BCUT2D eigenvalue weighted by molar-refractivity contribution is -0.118. The molecule has 21 heavy (non-hydrogen) atoms. The first kappa shape index (κ1) is 14.1. The molecule has 0 atom stereocenters. The van der Waals surface area contributed by atoms with Gasteiger partial charge in [-0.3, -0.25) is 9.89 Å². The average Bonchev–Trinajstić information content (AvgIpc) is 3.20. The van der Waals surface area contributed by atoms with E-state index in [4.69, 9.17) is 0 Å². The highest BCUT2D eigenvalue weighted by molar-refractivity contribution is 7.99. The molecule has 1 heterocycles. The van der Waals surface area contributed by atoms with Crippen LogP contribution < -0.4 is 5.32 Å². The summed E-state index contributed by atoms with van der Waals surface area (Å²) in [6.07, 6.45) is 2.29. The molecule has 2 N–H and O–H groups in total. The van der Waals surface area contributed by atoms with Crippen LogP contribution in [0, 0.1) is 6.92 Å². The molecule has 0 aliphatic heterocycles. The van der Waals surface area contributed by atoms with Gasteiger partial charge in [-0.05, 0) is 25.3 Å². The number of H-pyrrole nitrogens is 1. The maximum atomic E-state index is 11.9. The summed E-state index contributed by atoms with van der Waals surface area (Å²) in [6, 6.07) is 10.4. The molecule has 0 spiro atoms. The van der Waals surface area contributed by atoms with Crippen molar-refractivity contribution in [3.05, 3.63) is 41.7 Å². The van der Waals surface area contributed by atoms with Crippen LogP contribution in [0.2, 0.25) is 0 Å². The number of aromatic nitrogens is 3. The van der Waals surface area contributed by atoms with E-state index in [2.05, 4.69) is 44.8 Å². The van der Waals surface area contributed by atoms with E-state index in [1.54, 1.807) is 0 Å². The largest absolute Gasteiger partial charge is 0.354 e. The lowest BCUT2D eigenvalue weighted by Crippen LogP contribution is -2.33. The summed E-state index contributed by atoms with van der Waals surface area (Å²) >= 11 is 1.35. The molecule has 0 saturated heterocycles. The Balaban J connectivity index is 1.48. The van der Waals surface area contributed by atoms with Crippen molar-refractivity contribution in [2.45, 2.75) is 30.3 Å². The number of nitrogens with one attached hydrogen (secondary N) is 2. The molecular weight excluding hydrogens is 284 g/mol. The lowest BCUT2D eigenvalue weighted by Gasteiger charge is -2.16. The molecule has 1 aliphatic carbocycles. The van der Waals surface area contributed by atoms with Crippen LogP contribution in [0.15, 0.2) is 35.5 Å². The van der Waals surface area contributed by atoms with Gasteiger partial charge in [-0.1, -0.05) is 42.1 Å². The van der Waals surface area contributed by atoms with Gasteiger partial charge >= 0.3 is 0 Å². The quantitative estimate of drug-likeness (QED) is 0.801. The van der Waals surface area contributed by atoms with Crippen LogP contribution in [0.25, 0.3) is 0 Å². The number of aryl methyl sites for hydroxylation is 1. The molecule has 0 unspecified atom stereocenters. The van der Waals surface area contributed by atoms with Crippen molar-refractivity contribution < 1.29 is 4.79 Å². The fourth-order valence-electron chi connectivity index (χ4n) is 2.35. The summed E-state index contributed by atoms with van der Waals surface area (Å²) in [6.45, 7) is 2.55. The zero-order valence-corrected chi connectivity index (χ0v) is 12.7. The highest BCUT2D eigenvalue weighted by Gasteiger charge is 2.44. The number of rotatable bonds is 6. The molecule has 2 aromatic rings. The van der Waals surface area contributed by atoms with Gasteiger partial charge in [0.2, 0.25) is 11.1 Å². The van der Waals surface area contributed by atoms with Crippen LogP contribution in [0.5, 0.6) is 0 Å². The second kappa shape index (κ2) is 5.89. The average molecular weight is 302 g/mol. The molecule has 1 fully saturated rings. The minimum Gasteiger partial charge on any atom is -0.354 e. The van der Waals surface area contributed by atoms with Crippen molar-refractivity contribution >= 4 is 17.7 Å². The number of carbonyl (C=O) groups is 1. The first-order valence-corrected chi connectivity index (χ1v) is 8.01. The number of nitrogens with zero attached hydrogens (tertiary/aromatic N) is 2. The topological polar surface area (TPSA) is 70.7 Å². The molecule has 5 nitrogen and oxygen atoms in total. The van der Waals surface area contributed by atoms with Gasteiger partial charge < -0.3 is 5.32 Å².